The monoisotopic (exact) mass is 389 g/mol. The molecule has 0 bridgehead atoms. The fourth-order valence-electron chi connectivity index (χ4n) is 3.35. The molecule has 1 amide bonds. The van der Waals surface area contributed by atoms with Gasteiger partial charge in [-0.3, -0.25) is 4.79 Å². The first kappa shape index (κ1) is 19.5. The summed E-state index contributed by atoms with van der Waals surface area (Å²) in [6, 6.07) is 7.15. The van der Waals surface area contributed by atoms with Gasteiger partial charge in [-0.05, 0) is 49.9 Å². The second-order valence-electron chi connectivity index (χ2n) is 7.03. The first-order valence-corrected chi connectivity index (χ1v) is 10.3. The molecule has 1 heterocycles. The number of nitrogens with zero attached hydrogens (tertiary/aromatic N) is 1. The van der Waals surface area contributed by atoms with Crippen LogP contribution in [0.15, 0.2) is 24.3 Å². The molecule has 1 saturated carbocycles. The van der Waals surface area contributed by atoms with Crippen LogP contribution in [0.3, 0.4) is 0 Å². The van der Waals surface area contributed by atoms with Crippen LogP contribution in [0.4, 0.5) is 10.8 Å². The average molecular weight is 390 g/mol. The maximum atomic E-state index is 12.5. The van der Waals surface area contributed by atoms with Crippen molar-refractivity contribution in [2.45, 2.75) is 44.9 Å². The van der Waals surface area contributed by atoms with Crippen molar-refractivity contribution in [3.05, 3.63) is 29.1 Å². The van der Waals surface area contributed by atoms with Crippen molar-refractivity contribution in [2.24, 2.45) is 5.92 Å². The molecule has 3 N–H and O–H groups in total. The Kier molecular flexibility index (Phi) is 6.55. The summed E-state index contributed by atoms with van der Waals surface area (Å²) in [4.78, 5) is 17.3. The number of thiazole rings is 1. The molecule has 1 atom stereocenters. The molecule has 0 saturated heterocycles. The van der Waals surface area contributed by atoms with Gasteiger partial charge in [-0.15, -0.1) is 0 Å². The number of aromatic hydroxyl groups is 1. The van der Waals surface area contributed by atoms with Gasteiger partial charge in [-0.1, -0.05) is 30.6 Å². The van der Waals surface area contributed by atoms with Gasteiger partial charge in [-0.25, -0.2) is 0 Å². The maximum Gasteiger partial charge on any atom is 0.232 e. The van der Waals surface area contributed by atoms with Crippen LogP contribution in [0.5, 0.6) is 11.6 Å². The van der Waals surface area contributed by atoms with E-state index in [2.05, 4.69) is 15.6 Å². The molecule has 1 unspecified atom stereocenters. The number of aromatic nitrogens is 1. The number of hydrogen-bond donors (Lipinski definition) is 3. The lowest BCUT2D eigenvalue weighted by atomic mass is 9.89. The summed E-state index contributed by atoms with van der Waals surface area (Å²) >= 11 is 1.35. The zero-order chi connectivity index (χ0) is 19.2. The Morgan fingerprint density at radius 2 is 2.00 bits per heavy atom. The standard InChI is InChI=1S/C20H27N3O3S/c1-13(18(24)22-15-8-10-16(26-2)11-9-15)17-19(25)23-20(27-17)21-12-14-6-4-3-5-7-14/h8-11,13-14,25H,3-7,12H2,1-2H3,(H,21,23)(H,22,24). The first-order chi connectivity index (χ1) is 13.1. The Hall–Kier alpha value is -2.28. The minimum Gasteiger partial charge on any atom is -0.497 e. The third-order valence-corrected chi connectivity index (χ3v) is 6.23. The van der Waals surface area contributed by atoms with Gasteiger partial charge in [0.25, 0.3) is 0 Å². The highest BCUT2D eigenvalue weighted by atomic mass is 32.1. The van der Waals surface area contributed by atoms with Crippen LogP contribution in [0, 0.1) is 5.92 Å². The molecule has 1 aliphatic rings. The van der Waals surface area contributed by atoms with Gasteiger partial charge >= 0.3 is 0 Å². The first-order valence-electron chi connectivity index (χ1n) is 9.45. The Labute approximate surface area is 164 Å². The van der Waals surface area contributed by atoms with Crippen LogP contribution >= 0.6 is 11.3 Å². The molecule has 1 aliphatic carbocycles. The molecular weight excluding hydrogens is 362 g/mol. The van der Waals surface area contributed by atoms with E-state index in [4.69, 9.17) is 4.74 Å². The van der Waals surface area contributed by atoms with E-state index in [0.29, 0.717) is 21.6 Å². The third kappa shape index (κ3) is 5.13. The molecule has 0 spiro atoms. The van der Waals surface area contributed by atoms with E-state index in [0.717, 1.165) is 12.3 Å². The van der Waals surface area contributed by atoms with E-state index < -0.39 is 5.92 Å². The van der Waals surface area contributed by atoms with Crippen LogP contribution in [-0.4, -0.2) is 29.7 Å². The number of nitrogens with one attached hydrogen (secondary N) is 2. The van der Waals surface area contributed by atoms with Gasteiger partial charge in [0.15, 0.2) is 5.13 Å². The van der Waals surface area contributed by atoms with Crippen LogP contribution in [0.1, 0.15) is 49.8 Å². The molecule has 27 heavy (non-hydrogen) atoms. The van der Waals surface area contributed by atoms with Gasteiger partial charge in [0.1, 0.15) is 5.75 Å². The van der Waals surface area contributed by atoms with Crippen LogP contribution in [0.2, 0.25) is 0 Å². The fourth-order valence-corrected chi connectivity index (χ4v) is 4.27. The van der Waals surface area contributed by atoms with Gasteiger partial charge < -0.3 is 20.5 Å². The SMILES string of the molecule is COc1ccc(NC(=O)C(C)c2sc(NCC3CCCCC3)nc2O)cc1. The normalized spacial score (nSPS) is 15.9. The number of carbonyl (C=O) groups excluding carboxylic acids is 1. The van der Waals surface area contributed by atoms with Crippen LogP contribution in [0.25, 0.3) is 0 Å². The molecule has 1 fully saturated rings. The number of hydrogen-bond acceptors (Lipinski definition) is 6. The lowest BCUT2D eigenvalue weighted by Gasteiger charge is -2.21. The van der Waals surface area contributed by atoms with Crippen molar-refractivity contribution in [2.75, 3.05) is 24.3 Å². The zero-order valence-corrected chi connectivity index (χ0v) is 16.6. The number of methoxy groups -OCH3 is 1. The lowest BCUT2D eigenvalue weighted by molar-refractivity contribution is -0.117. The zero-order valence-electron chi connectivity index (χ0n) is 15.8. The number of carbonyl (C=O) groups is 1. The summed E-state index contributed by atoms with van der Waals surface area (Å²) in [6.07, 6.45) is 6.42. The second-order valence-corrected chi connectivity index (χ2v) is 8.06. The molecule has 1 aromatic heterocycles. The number of amides is 1. The summed E-state index contributed by atoms with van der Waals surface area (Å²) in [7, 11) is 1.60. The summed E-state index contributed by atoms with van der Waals surface area (Å²) in [5.74, 6) is 0.662. The fraction of sp³-hybridized carbons (Fsp3) is 0.500. The summed E-state index contributed by atoms with van der Waals surface area (Å²) in [5, 5.41) is 17.1. The van der Waals surface area contributed by atoms with Gasteiger partial charge in [0.2, 0.25) is 11.8 Å². The molecule has 3 rings (SSSR count). The molecule has 2 aromatic rings. The topological polar surface area (TPSA) is 83.5 Å². The molecule has 7 heteroatoms. The summed E-state index contributed by atoms with van der Waals surface area (Å²) in [5.41, 5.74) is 0.687. The van der Waals surface area contributed by atoms with E-state index in [9.17, 15) is 9.90 Å². The molecule has 0 aliphatic heterocycles. The smallest absolute Gasteiger partial charge is 0.232 e. The number of anilines is 2. The minimum atomic E-state index is -0.491. The van der Waals surface area contributed by atoms with Crippen molar-refractivity contribution < 1.29 is 14.6 Å². The molecule has 146 valence electrons. The number of benzene rings is 1. The molecule has 6 nitrogen and oxygen atoms in total. The number of ether oxygens (including phenoxy) is 1. The van der Waals surface area contributed by atoms with Crippen molar-refractivity contribution in [1.29, 1.82) is 0 Å². The highest BCUT2D eigenvalue weighted by Gasteiger charge is 2.23. The Morgan fingerprint density at radius 1 is 1.30 bits per heavy atom. The van der Waals surface area contributed by atoms with Crippen molar-refractivity contribution in [1.82, 2.24) is 4.98 Å². The van der Waals surface area contributed by atoms with Crippen molar-refractivity contribution >= 4 is 28.1 Å². The third-order valence-electron chi connectivity index (χ3n) is 5.05. The predicted octanol–water partition coefficient (Wildman–Crippen LogP) is 4.59. The summed E-state index contributed by atoms with van der Waals surface area (Å²) < 4.78 is 5.12. The van der Waals surface area contributed by atoms with Gasteiger partial charge in [0, 0.05) is 12.2 Å². The van der Waals surface area contributed by atoms with Crippen LogP contribution < -0.4 is 15.4 Å². The van der Waals surface area contributed by atoms with E-state index >= 15 is 0 Å². The Morgan fingerprint density at radius 3 is 2.67 bits per heavy atom. The van der Waals surface area contributed by atoms with E-state index in [1.54, 1.807) is 38.3 Å². The average Bonchev–Trinajstić information content (AvgIpc) is 3.07. The van der Waals surface area contributed by atoms with Crippen molar-refractivity contribution in [3.63, 3.8) is 0 Å². The van der Waals surface area contributed by atoms with Crippen LogP contribution in [-0.2, 0) is 4.79 Å². The molecule has 1 aromatic carbocycles. The maximum absolute atomic E-state index is 12.5. The second kappa shape index (κ2) is 9.08. The molecular formula is C20H27N3O3S. The van der Waals surface area contributed by atoms with E-state index in [-0.39, 0.29) is 11.8 Å². The highest BCUT2D eigenvalue weighted by molar-refractivity contribution is 7.16. The van der Waals surface area contributed by atoms with E-state index in [1.807, 2.05) is 0 Å². The molecule has 0 radical (unpaired) electrons. The predicted molar refractivity (Wildman–Crippen MR) is 109 cm³/mol. The highest BCUT2D eigenvalue weighted by Crippen LogP contribution is 2.35. The number of rotatable bonds is 7. The van der Waals surface area contributed by atoms with Gasteiger partial charge in [-0.2, -0.15) is 4.98 Å². The Bertz CT molecular complexity index is 754. The largest absolute Gasteiger partial charge is 0.497 e. The Balaban J connectivity index is 1.58. The van der Waals surface area contributed by atoms with E-state index in [1.165, 1.54) is 43.4 Å². The minimum absolute atomic E-state index is 0.0662. The van der Waals surface area contributed by atoms with Crippen molar-refractivity contribution in [3.8, 4) is 11.6 Å². The summed E-state index contributed by atoms with van der Waals surface area (Å²) in [6.45, 7) is 2.65. The lowest BCUT2D eigenvalue weighted by Crippen LogP contribution is -2.18. The quantitative estimate of drug-likeness (QED) is 0.645. The van der Waals surface area contributed by atoms with Gasteiger partial charge in [0.05, 0.1) is 17.9 Å².